The molecule has 0 aliphatic heterocycles. The summed E-state index contributed by atoms with van der Waals surface area (Å²) in [5.74, 6) is 1.97. The standard InChI is InChI=1S/C26H23NO4/c1-29-21-10-6-9-19(11-21)12-24-23-14-26(31-17-18-7-4-3-5-8-18)25(30-2)13-22(23)20(16-28)15-27-24/h3-11,13-16H,12,17H2,1-2H3. The topological polar surface area (TPSA) is 57.7 Å². The molecule has 4 rings (SSSR count). The Labute approximate surface area is 181 Å². The number of rotatable bonds is 8. The normalized spacial score (nSPS) is 10.6. The van der Waals surface area contributed by atoms with E-state index in [0.717, 1.165) is 39.6 Å². The number of aldehydes is 1. The molecule has 0 atom stereocenters. The van der Waals surface area contributed by atoms with Crippen LogP contribution in [0.2, 0.25) is 0 Å². The summed E-state index contributed by atoms with van der Waals surface area (Å²) >= 11 is 0. The molecule has 0 N–H and O–H groups in total. The number of hydrogen-bond donors (Lipinski definition) is 0. The van der Waals surface area contributed by atoms with E-state index < -0.39 is 0 Å². The van der Waals surface area contributed by atoms with Crippen LogP contribution in [0.15, 0.2) is 72.9 Å². The monoisotopic (exact) mass is 413 g/mol. The van der Waals surface area contributed by atoms with Crippen molar-refractivity contribution in [2.24, 2.45) is 0 Å². The fourth-order valence-corrected chi connectivity index (χ4v) is 3.54. The third kappa shape index (κ3) is 4.51. The van der Waals surface area contributed by atoms with Crippen molar-refractivity contribution >= 4 is 17.1 Å². The van der Waals surface area contributed by atoms with E-state index >= 15 is 0 Å². The van der Waals surface area contributed by atoms with E-state index in [9.17, 15) is 4.79 Å². The fraction of sp³-hybridized carbons (Fsp3) is 0.154. The maximum Gasteiger partial charge on any atom is 0.162 e. The van der Waals surface area contributed by atoms with E-state index in [-0.39, 0.29) is 0 Å². The van der Waals surface area contributed by atoms with Crippen LogP contribution in [-0.4, -0.2) is 25.5 Å². The smallest absolute Gasteiger partial charge is 0.162 e. The van der Waals surface area contributed by atoms with Gasteiger partial charge in [-0.05, 0) is 40.8 Å². The Bertz CT molecular complexity index is 1200. The molecular weight excluding hydrogens is 390 g/mol. The van der Waals surface area contributed by atoms with E-state index in [1.165, 1.54) is 0 Å². The Kier molecular flexibility index (Phi) is 6.13. The summed E-state index contributed by atoms with van der Waals surface area (Å²) in [6.45, 7) is 0.411. The van der Waals surface area contributed by atoms with Gasteiger partial charge in [0.05, 0.1) is 19.9 Å². The molecule has 0 fully saturated rings. The lowest BCUT2D eigenvalue weighted by atomic mass is 10.00. The third-order valence-corrected chi connectivity index (χ3v) is 5.16. The van der Waals surface area contributed by atoms with Crippen molar-refractivity contribution in [1.82, 2.24) is 4.98 Å². The van der Waals surface area contributed by atoms with Gasteiger partial charge in [0.15, 0.2) is 17.8 Å². The molecule has 0 spiro atoms. The van der Waals surface area contributed by atoms with Crippen molar-refractivity contribution in [3.8, 4) is 17.2 Å². The third-order valence-electron chi connectivity index (χ3n) is 5.16. The highest BCUT2D eigenvalue weighted by molar-refractivity contribution is 6.00. The fourth-order valence-electron chi connectivity index (χ4n) is 3.54. The highest BCUT2D eigenvalue weighted by Crippen LogP contribution is 2.35. The van der Waals surface area contributed by atoms with Crippen LogP contribution in [0.25, 0.3) is 10.8 Å². The minimum atomic E-state index is 0.411. The van der Waals surface area contributed by atoms with Gasteiger partial charge >= 0.3 is 0 Å². The van der Waals surface area contributed by atoms with Gasteiger partial charge in [-0.25, -0.2) is 0 Å². The van der Waals surface area contributed by atoms with E-state index in [2.05, 4.69) is 4.98 Å². The van der Waals surface area contributed by atoms with Crippen LogP contribution in [0, 0.1) is 0 Å². The molecular formula is C26H23NO4. The number of pyridine rings is 1. The number of methoxy groups -OCH3 is 2. The van der Waals surface area contributed by atoms with Gasteiger partial charge in [-0.1, -0.05) is 42.5 Å². The maximum atomic E-state index is 11.6. The largest absolute Gasteiger partial charge is 0.497 e. The summed E-state index contributed by atoms with van der Waals surface area (Å²) in [5, 5.41) is 1.64. The van der Waals surface area contributed by atoms with Crippen LogP contribution in [0.1, 0.15) is 27.2 Å². The van der Waals surface area contributed by atoms with Gasteiger partial charge in [0.1, 0.15) is 12.4 Å². The first-order valence-corrected chi connectivity index (χ1v) is 9.96. The Morgan fingerprint density at radius 2 is 1.61 bits per heavy atom. The lowest BCUT2D eigenvalue weighted by Gasteiger charge is -2.15. The number of carbonyl (C=O) groups is 1. The number of benzene rings is 3. The molecule has 5 nitrogen and oxygen atoms in total. The minimum Gasteiger partial charge on any atom is -0.497 e. The number of carbonyl (C=O) groups excluding carboxylic acids is 1. The van der Waals surface area contributed by atoms with E-state index in [4.69, 9.17) is 14.2 Å². The molecule has 4 aromatic rings. The predicted molar refractivity (Wildman–Crippen MR) is 120 cm³/mol. The Morgan fingerprint density at radius 3 is 2.35 bits per heavy atom. The highest BCUT2D eigenvalue weighted by atomic mass is 16.5. The summed E-state index contributed by atoms with van der Waals surface area (Å²) in [6, 6.07) is 21.6. The van der Waals surface area contributed by atoms with Crippen molar-refractivity contribution in [3.05, 3.63) is 95.3 Å². The lowest BCUT2D eigenvalue weighted by molar-refractivity contribution is 0.112. The summed E-state index contributed by atoms with van der Waals surface area (Å²) in [7, 11) is 3.24. The lowest BCUT2D eigenvalue weighted by Crippen LogP contribution is -2.01. The van der Waals surface area contributed by atoms with Gasteiger partial charge in [-0.2, -0.15) is 0 Å². The first kappa shape index (κ1) is 20.4. The molecule has 0 aliphatic carbocycles. The van der Waals surface area contributed by atoms with E-state index in [1.807, 2.05) is 66.7 Å². The quantitative estimate of drug-likeness (QED) is 0.370. The number of fused-ring (bicyclic) bond motifs is 1. The van der Waals surface area contributed by atoms with Crippen LogP contribution in [0.4, 0.5) is 0 Å². The maximum absolute atomic E-state index is 11.6. The molecule has 1 aromatic heterocycles. The molecule has 0 aliphatic rings. The van der Waals surface area contributed by atoms with Crippen LogP contribution in [-0.2, 0) is 13.0 Å². The predicted octanol–water partition coefficient (Wildman–Crippen LogP) is 5.23. The molecule has 5 heteroatoms. The van der Waals surface area contributed by atoms with Gasteiger partial charge in [0, 0.05) is 23.6 Å². The molecule has 0 unspecified atom stereocenters. The molecule has 0 amide bonds. The summed E-state index contributed by atoms with van der Waals surface area (Å²) in [6.07, 6.45) is 3.01. The zero-order valence-electron chi connectivity index (χ0n) is 17.5. The summed E-state index contributed by atoms with van der Waals surface area (Å²) in [5.41, 5.74) is 3.48. The Morgan fingerprint density at radius 1 is 0.839 bits per heavy atom. The number of hydrogen-bond acceptors (Lipinski definition) is 5. The second kappa shape index (κ2) is 9.30. The Balaban J connectivity index is 1.76. The van der Waals surface area contributed by atoms with E-state index in [1.54, 1.807) is 20.4 Å². The highest BCUT2D eigenvalue weighted by Gasteiger charge is 2.14. The molecule has 0 radical (unpaired) electrons. The SMILES string of the molecule is COc1cccc(Cc2ncc(C=O)c3cc(OC)c(OCc4ccccc4)cc23)c1. The summed E-state index contributed by atoms with van der Waals surface area (Å²) < 4.78 is 17.0. The second-order valence-electron chi connectivity index (χ2n) is 7.13. The van der Waals surface area contributed by atoms with Gasteiger partial charge in [-0.3, -0.25) is 9.78 Å². The van der Waals surface area contributed by atoms with Crippen LogP contribution < -0.4 is 14.2 Å². The van der Waals surface area contributed by atoms with Gasteiger partial charge < -0.3 is 14.2 Å². The molecule has 1 heterocycles. The van der Waals surface area contributed by atoms with Crippen molar-refractivity contribution < 1.29 is 19.0 Å². The van der Waals surface area contributed by atoms with Crippen molar-refractivity contribution in [2.75, 3.05) is 14.2 Å². The molecule has 0 saturated carbocycles. The first-order valence-electron chi connectivity index (χ1n) is 9.96. The number of aromatic nitrogens is 1. The second-order valence-corrected chi connectivity index (χ2v) is 7.13. The van der Waals surface area contributed by atoms with Crippen molar-refractivity contribution in [3.63, 3.8) is 0 Å². The zero-order chi connectivity index (χ0) is 21.6. The molecule has 0 saturated heterocycles. The Hall–Kier alpha value is -3.86. The van der Waals surface area contributed by atoms with Crippen molar-refractivity contribution in [1.29, 1.82) is 0 Å². The first-order chi connectivity index (χ1) is 15.2. The number of ether oxygens (including phenoxy) is 3. The van der Waals surface area contributed by atoms with Crippen LogP contribution >= 0.6 is 0 Å². The zero-order valence-corrected chi connectivity index (χ0v) is 17.5. The number of nitrogens with zero attached hydrogens (tertiary/aromatic N) is 1. The van der Waals surface area contributed by atoms with Gasteiger partial charge in [0.2, 0.25) is 0 Å². The van der Waals surface area contributed by atoms with E-state index in [0.29, 0.717) is 30.1 Å². The van der Waals surface area contributed by atoms with Gasteiger partial charge in [0.25, 0.3) is 0 Å². The van der Waals surface area contributed by atoms with Crippen LogP contribution in [0.3, 0.4) is 0 Å². The van der Waals surface area contributed by atoms with Gasteiger partial charge in [-0.15, -0.1) is 0 Å². The van der Waals surface area contributed by atoms with Crippen LogP contribution in [0.5, 0.6) is 17.2 Å². The average Bonchev–Trinajstić information content (AvgIpc) is 2.83. The van der Waals surface area contributed by atoms with Crippen molar-refractivity contribution in [2.45, 2.75) is 13.0 Å². The minimum absolute atomic E-state index is 0.411. The average molecular weight is 413 g/mol. The molecule has 156 valence electrons. The molecule has 3 aromatic carbocycles. The summed E-state index contributed by atoms with van der Waals surface area (Å²) in [4.78, 5) is 16.2. The molecule has 0 bridgehead atoms. The molecule has 31 heavy (non-hydrogen) atoms.